The standard InChI is InChI=1S/C13H19BrN2O6S3/c1-23(17,18)11-5-6-12(14)13(8-11)25(21,22)16-7-3-4-10(9-16)15-24(2,19)20/h5-6,8,10,15H,3-4,7,9H2,1-2H3. The van der Waals surface area contributed by atoms with Gasteiger partial charge in [0.05, 0.1) is 16.0 Å². The van der Waals surface area contributed by atoms with Crippen LogP contribution in [0.5, 0.6) is 0 Å². The minimum absolute atomic E-state index is 0.00898. The molecule has 0 saturated carbocycles. The second-order valence-electron chi connectivity index (χ2n) is 5.96. The number of piperidine rings is 1. The second kappa shape index (κ2) is 7.24. The number of sulfone groups is 1. The fourth-order valence-corrected chi connectivity index (χ4v) is 6.60. The van der Waals surface area contributed by atoms with E-state index in [-0.39, 0.29) is 27.4 Å². The molecule has 142 valence electrons. The minimum atomic E-state index is -3.98. The molecule has 1 aromatic carbocycles. The molecule has 0 bridgehead atoms. The van der Waals surface area contributed by atoms with Gasteiger partial charge in [-0.05, 0) is 47.0 Å². The second-order valence-corrected chi connectivity index (χ2v) is 12.5. The predicted octanol–water partition coefficient (Wildman–Crippen LogP) is 0.555. The molecule has 1 unspecified atom stereocenters. The van der Waals surface area contributed by atoms with Crippen LogP contribution in [0.2, 0.25) is 0 Å². The molecule has 1 heterocycles. The lowest BCUT2D eigenvalue weighted by Gasteiger charge is -2.32. The monoisotopic (exact) mass is 474 g/mol. The molecule has 12 heteroatoms. The number of hydrogen-bond donors (Lipinski definition) is 1. The average Bonchev–Trinajstić information content (AvgIpc) is 2.44. The number of benzene rings is 1. The van der Waals surface area contributed by atoms with Gasteiger partial charge in [-0.3, -0.25) is 0 Å². The van der Waals surface area contributed by atoms with Crippen LogP contribution in [0.4, 0.5) is 0 Å². The van der Waals surface area contributed by atoms with Gasteiger partial charge in [0, 0.05) is 29.9 Å². The molecule has 1 aliphatic rings. The molecule has 1 aliphatic heterocycles. The van der Waals surface area contributed by atoms with Crippen molar-refractivity contribution in [3.8, 4) is 0 Å². The van der Waals surface area contributed by atoms with Crippen LogP contribution in [0.1, 0.15) is 12.8 Å². The van der Waals surface area contributed by atoms with E-state index < -0.39 is 35.9 Å². The van der Waals surface area contributed by atoms with Crippen molar-refractivity contribution in [2.45, 2.75) is 28.7 Å². The van der Waals surface area contributed by atoms with Crippen molar-refractivity contribution in [2.75, 3.05) is 25.6 Å². The van der Waals surface area contributed by atoms with Crippen molar-refractivity contribution in [2.24, 2.45) is 0 Å². The summed E-state index contributed by atoms with van der Waals surface area (Å²) in [5, 5.41) is 0. The van der Waals surface area contributed by atoms with Gasteiger partial charge in [-0.2, -0.15) is 4.31 Å². The van der Waals surface area contributed by atoms with Crippen LogP contribution in [0.3, 0.4) is 0 Å². The fourth-order valence-electron chi connectivity index (χ4n) is 2.61. The third-order valence-electron chi connectivity index (χ3n) is 3.71. The van der Waals surface area contributed by atoms with E-state index in [1.807, 2.05) is 0 Å². The van der Waals surface area contributed by atoms with Crippen LogP contribution in [0.15, 0.2) is 32.5 Å². The maximum Gasteiger partial charge on any atom is 0.244 e. The first-order valence-electron chi connectivity index (χ1n) is 7.28. The highest BCUT2D eigenvalue weighted by Crippen LogP contribution is 2.29. The Bertz CT molecular complexity index is 973. The Labute approximate surface area is 156 Å². The summed E-state index contributed by atoms with van der Waals surface area (Å²) in [7, 11) is -11.0. The highest BCUT2D eigenvalue weighted by Gasteiger charge is 2.33. The van der Waals surface area contributed by atoms with Crippen molar-refractivity contribution in [1.82, 2.24) is 9.03 Å². The summed E-state index contributed by atoms with van der Waals surface area (Å²) in [6.45, 7) is 0.227. The first kappa shape index (κ1) is 20.8. The maximum atomic E-state index is 12.9. The number of nitrogens with one attached hydrogen (secondary N) is 1. The zero-order valence-electron chi connectivity index (χ0n) is 13.6. The van der Waals surface area contributed by atoms with E-state index in [1.54, 1.807) is 0 Å². The van der Waals surface area contributed by atoms with Gasteiger partial charge in [0.15, 0.2) is 9.84 Å². The van der Waals surface area contributed by atoms with Crippen molar-refractivity contribution < 1.29 is 25.3 Å². The van der Waals surface area contributed by atoms with Crippen LogP contribution in [0, 0.1) is 0 Å². The molecule has 0 spiro atoms. The summed E-state index contributed by atoms with van der Waals surface area (Å²) in [4.78, 5) is -0.257. The molecular weight excluding hydrogens is 456 g/mol. The zero-order chi connectivity index (χ0) is 19.0. The van der Waals surface area contributed by atoms with Crippen molar-refractivity contribution in [3.05, 3.63) is 22.7 Å². The molecular formula is C13H19BrN2O6S3. The van der Waals surface area contributed by atoms with Gasteiger partial charge in [-0.1, -0.05) is 0 Å². The molecule has 0 aliphatic carbocycles. The van der Waals surface area contributed by atoms with Crippen LogP contribution >= 0.6 is 15.9 Å². The maximum absolute atomic E-state index is 12.9. The molecule has 0 aromatic heterocycles. The number of halogens is 1. The van der Waals surface area contributed by atoms with E-state index in [4.69, 9.17) is 0 Å². The van der Waals surface area contributed by atoms with Gasteiger partial charge in [0.25, 0.3) is 0 Å². The zero-order valence-corrected chi connectivity index (χ0v) is 17.7. The highest BCUT2D eigenvalue weighted by molar-refractivity contribution is 9.10. The lowest BCUT2D eigenvalue weighted by Crippen LogP contribution is -2.49. The van der Waals surface area contributed by atoms with Crippen LogP contribution in [-0.2, 0) is 29.9 Å². The topological polar surface area (TPSA) is 118 Å². The van der Waals surface area contributed by atoms with Crippen molar-refractivity contribution >= 4 is 45.8 Å². The Morgan fingerprint density at radius 2 is 1.76 bits per heavy atom. The van der Waals surface area contributed by atoms with Crippen LogP contribution < -0.4 is 4.72 Å². The molecule has 8 nitrogen and oxygen atoms in total. The van der Waals surface area contributed by atoms with E-state index in [1.165, 1.54) is 16.4 Å². The molecule has 25 heavy (non-hydrogen) atoms. The lowest BCUT2D eigenvalue weighted by atomic mass is 10.1. The molecule has 1 atom stereocenters. The van der Waals surface area contributed by atoms with Crippen molar-refractivity contribution in [3.63, 3.8) is 0 Å². The quantitative estimate of drug-likeness (QED) is 0.665. The Hall–Kier alpha value is -0.530. The Morgan fingerprint density at radius 3 is 2.32 bits per heavy atom. The largest absolute Gasteiger partial charge is 0.244 e. The third kappa shape index (κ3) is 5.23. The smallest absolute Gasteiger partial charge is 0.224 e. The third-order valence-corrected chi connectivity index (χ3v) is 8.44. The molecule has 0 amide bonds. The van der Waals surface area contributed by atoms with E-state index in [0.717, 1.165) is 18.6 Å². The number of rotatable bonds is 5. The molecule has 1 fully saturated rings. The summed E-state index contributed by atoms with van der Waals surface area (Å²) >= 11 is 3.15. The predicted molar refractivity (Wildman–Crippen MR) is 97.0 cm³/mol. The Balaban J connectivity index is 2.38. The summed E-state index contributed by atoms with van der Waals surface area (Å²) < 4.78 is 75.9. The molecule has 2 rings (SSSR count). The molecule has 1 aromatic rings. The van der Waals surface area contributed by atoms with Gasteiger partial charge < -0.3 is 0 Å². The lowest BCUT2D eigenvalue weighted by molar-refractivity contribution is 0.303. The SMILES string of the molecule is CS(=O)(=O)NC1CCCN(S(=O)(=O)c2cc(S(C)(=O)=O)ccc2Br)C1. The van der Waals surface area contributed by atoms with Crippen LogP contribution in [0.25, 0.3) is 0 Å². The minimum Gasteiger partial charge on any atom is -0.224 e. The summed E-state index contributed by atoms with van der Waals surface area (Å²) in [6, 6.07) is 3.29. The molecule has 0 radical (unpaired) electrons. The number of sulfonamides is 2. The van der Waals surface area contributed by atoms with Crippen molar-refractivity contribution in [1.29, 1.82) is 0 Å². The van der Waals surface area contributed by atoms with Gasteiger partial charge in [0.1, 0.15) is 0 Å². The normalized spacial score (nSPS) is 20.5. The fraction of sp³-hybridized carbons (Fsp3) is 0.538. The first-order chi connectivity index (χ1) is 11.3. The highest BCUT2D eigenvalue weighted by atomic mass is 79.9. The Morgan fingerprint density at radius 1 is 1.12 bits per heavy atom. The van der Waals surface area contributed by atoms with E-state index in [0.29, 0.717) is 12.8 Å². The number of nitrogens with zero attached hydrogens (tertiary/aromatic N) is 1. The summed E-state index contributed by atoms with van der Waals surface area (Å²) in [5.74, 6) is 0. The van der Waals surface area contributed by atoms with Gasteiger partial charge in [-0.25, -0.2) is 30.0 Å². The van der Waals surface area contributed by atoms with E-state index in [2.05, 4.69) is 20.7 Å². The Kier molecular flexibility index (Phi) is 6.01. The van der Waals surface area contributed by atoms with Gasteiger partial charge in [0.2, 0.25) is 20.0 Å². The summed E-state index contributed by atoms with van der Waals surface area (Å²) in [5.41, 5.74) is 0. The van der Waals surface area contributed by atoms with Gasteiger partial charge >= 0.3 is 0 Å². The number of hydrogen-bond acceptors (Lipinski definition) is 6. The van der Waals surface area contributed by atoms with Gasteiger partial charge in [-0.15, -0.1) is 0 Å². The van der Waals surface area contributed by atoms with Crippen LogP contribution in [-0.4, -0.2) is 61.2 Å². The van der Waals surface area contributed by atoms with E-state index >= 15 is 0 Å². The first-order valence-corrected chi connectivity index (χ1v) is 13.3. The molecule has 1 N–H and O–H groups in total. The molecule has 1 saturated heterocycles. The van der Waals surface area contributed by atoms with E-state index in [9.17, 15) is 25.3 Å². The summed E-state index contributed by atoms with van der Waals surface area (Å²) in [6.07, 6.45) is 3.05. The average molecular weight is 475 g/mol.